The SMILES string of the molecule is COc1c(Oc2ccc(CC(=O)Nc3ccc(C)cc3C(=O)O)cc2)ccc(OC2CCC(NC(=O)c3ccc(Cl)cc3)CC2)c1OC. The first-order valence-electron chi connectivity index (χ1n) is 15.5. The number of methoxy groups -OCH3 is 2. The fourth-order valence-electron chi connectivity index (χ4n) is 5.59. The summed E-state index contributed by atoms with van der Waals surface area (Å²) in [5.74, 6) is 0.660. The first-order valence-corrected chi connectivity index (χ1v) is 15.9. The van der Waals surface area contributed by atoms with Crippen molar-refractivity contribution in [2.75, 3.05) is 19.5 Å². The fourth-order valence-corrected chi connectivity index (χ4v) is 5.71. The summed E-state index contributed by atoms with van der Waals surface area (Å²) in [6, 6.07) is 22.2. The van der Waals surface area contributed by atoms with E-state index in [2.05, 4.69) is 10.6 Å². The van der Waals surface area contributed by atoms with Gasteiger partial charge in [-0.15, -0.1) is 0 Å². The molecule has 5 rings (SSSR count). The number of hydrogen-bond donors (Lipinski definition) is 3. The number of halogens is 1. The number of nitrogens with one attached hydrogen (secondary N) is 2. The maximum Gasteiger partial charge on any atom is 0.337 e. The van der Waals surface area contributed by atoms with Gasteiger partial charge in [0.1, 0.15) is 5.75 Å². The lowest BCUT2D eigenvalue weighted by atomic mass is 9.92. The van der Waals surface area contributed by atoms with Crippen molar-refractivity contribution in [3.05, 3.63) is 106 Å². The number of rotatable bonds is 12. The molecule has 48 heavy (non-hydrogen) atoms. The third kappa shape index (κ3) is 8.57. The van der Waals surface area contributed by atoms with Gasteiger partial charge >= 0.3 is 5.97 Å². The van der Waals surface area contributed by atoms with Crippen LogP contribution in [-0.4, -0.2) is 49.3 Å². The molecule has 0 heterocycles. The zero-order chi connectivity index (χ0) is 34.2. The van der Waals surface area contributed by atoms with Crippen LogP contribution in [0.3, 0.4) is 0 Å². The van der Waals surface area contributed by atoms with Crippen LogP contribution in [0.5, 0.6) is 28.7 Å². The second kappa shape index (κ2) is 15.6. The molecule has 0 bridgehead atoms. The normalized spacial score (nSPS) is 15.6. The number of hydrogen-bond acceptors (Lipinski definition) is 7. The van der Waals surface area contributed by atoms with Gasteiger partial charge in [-0.3, -0.25) is 9.59 Å². The highest BCUT2D eigenvalue weighted by Crippen LogP contribution is 2.46. The summed E-state index contributed by atoms with van der Waals surface area (Å²) in [6.07, 6.45) is 3.05. The molecule has 0 spiro atoms. The second-order valence-corrected chi connectivity index (χ2v) is 12.0. The zero-order valence-corrected chi connectivity index (χ0v) is 27.6. The Kier molecular flexibility index (Phi) is 11.1. The minimum atomic E-state index is -1.11. The van der Waals surface area contributed by atoms with E-state index in [1.54, 1.807) is 79.7 Å². The molecule has 11 heteroatoms. The molecule has 1 fully saturated rings. The lowest BCUT2D eigenvalue weighted by Crippen LogP contribution is -2.39. The predicted octanol–water partition coefficient (Wildman–Crippen LogP) is 7.46. The number of anilines is 1. The van der Waals surface area contributed by atoms with Gasteiger partial charge in [0, 0.05) is 16.6 Å². The number of carbonyl (C=O) groups excluding carboxylic acids is 2. The molecule has 1 aliphatic rings. The summed E-state index contributed by atoms with van der Waals surface area (Å²) in [5.41, 5.74) is 2.37. The van der Waals surface area contributed by atoms with E-state index in [1.165, 1.54) is 20.3 Å². The molecule has 0 atom stereocenters. The Morgan fingerprint density at radius 2 is 1.48 bits per heavy atom. The Morgan fingerprint density at radius 1 is 0.833 bits per heavy atom. The summed E-state index contributed by atoms with van der Waals surface area (Å²) in [4.78, 5) is 36.9. The summed E-state index contributed by atoms with van der Waals surface area (Å²) in [6.45, 7) is 1.79. The largest absolute Gasteiger partial charge is 0.490 e. The van der Waals surface area contributed by atoms with Crippen molar-refractivity contribution in [1.82, 2.24) is 5.32 Å². The summed E-state index contributed by atoms with van der Waals surface area (Å²) in [5, 5.41) is 15.8. The molecular formula is C37H37ClN2O8. The van der Waals surface area contributed by atoms with Crippen molar-refractivity contribution in [3.8, 4) is 28.7 Å². The Bertz CT molecular complexity index is 1770. The predicted molar refractivity (Wildman–Crippen MR) is 182 cm³/mol. The van der Waals surface area contributed by atoms with Gasteiger partial charge in [-0.05, 0) is 98.8 Å². The van der Waals surface area contributed by atoms with Crippen LogP contribution in [0.2, 0.25) is 5.02 Å². The van der Waals surface area contributed by atoms with Gasteiger partial charge in [-0.1, -0.05) is 35.4 Å². The zero-order valence-electron chi connectivity index (χ0n) is 26.9. The van der Waals surface area contributed by atoms with Gasteiger partial charge < -0.3 is 34.7 Å². The van der Waals surface area contributed by atoms with E-state index in [4.69, 9.17) is 30.5 Å². The molecule has 0 unspecified atom stereocenters. The number of amides is 2. The molecule has 3 N–H and O–H groups in total. The van der Waals surface area contributed by atoms with Crippen LogP contribution in [0.15, 0.2) is 78.9 Å². The smallest absolute Gasteiger partial charge is 0.337 e. The van der Waals surface area contributed by atoms with Crippen LogP contribution in [0.25, 0.3) is 0 Å². The standard InChI is InChI=1S/C37H37ClN2O8/c1-22-4-17-30(29(20-22)37(43)44)40-33(41)21-23-5-13-27(14-6-23)47-31-18-19-32(35(46-3)34(31)45-2)48-28-15-11-26(12-16-28)39-36(42)24-7-9-25(38)10-8-24/h4-10,13-14,17-20,26,28H,11-12,15-16,21H2,1-3H3,(H,39,42)(H,40,41)(H,43,44). The summed E-state index contributed by atoms with van der Waals surface area (Å²) >= 11 is 5.93. The van der Waals surface area contributed by atoms with Crippen molar-refractivity contribution in [3.63, 3.8) is 0 Å². The molecule has 2 amide bonds. The molecule has 4 aromatic carbocycles. The van der Waals surface area contributed by atoms with E-state index in [-0.39, 0.29) is 41.6 Å². The Morgan fingerprint density at radius 3 is 2.12 bits per heavy atom. The van der Waals surface area contributed by atoms with Crippen molar-refractivity contribution >= 4 is 35.1 Å². The van der Waals surface area contributed by atoms with E-state index in [0.29, 0.717) is 39.3 Å². The van der Waals surface area contributed by atoms with Crippen LogP contribution in [0.1, 0.15) is 57.5 Å². The molecule has 0 radical (unpaired) electrons. The number of carboxylic acid groups (broad SMARTS) is 1. The lowest BCUT2D eigenvalue weighted by Gasteiger charge is -2.30. The maximum atomic E-state index is 12.7. The third-order valence-corrected chi connectivity index (χ3v) is 8.30. The van der Waals surface area contributed by atoms with Gasteiger partial charge in [0.25, 0.3) is 5.91 Å². The van der Waals surface area contributed by atoms with E-state index < -0.39 is 5.97 Å². The molecule has 0 saturated heterocycles. The van der Waals surface area contributed by atoms with Crippen molar-refractivity contribution < 1.29 is 38.4 Å². The number of benzene rings is 4. The highest BCUT2D eigenvalue weighted by atomic mass is 35.5. The molecular weight excluding hydrogens is 636 g/mol. The number of aromatic carboxylic acids is 1. The van der Waals surface area contributed by atoms with Crippen LogP contribution < -0.4 is 29.6 Å². The average Bonchev–Trinajstić information content (AvgIpc) is 3.07. The highest BCUT2D eigenvalue weighted by Gasteiger charge is 2.26. The van der Waals surface area contributed by atoms with Gasteiger partial charge in [0.2, 0.25) is 17.4 Å². The topological polar surface area (TPSA) is 132 Å². The van der Waals surface area contributed by atoms with Gasteiger partial charge in [0.05, 0.1) is 38.0 Å². The molecule has 1 saturated carbocycles. The van der Waals surface area contributed by atoms with E-state index >= 15 is 0 Å². The van der Waals surface area contributed by atoms with Crippen molar-refractivity contribution in [2.24, 2.45) is 0 Å². The van der Waals surface area contributed by atoms with Crippen LogP contribution >= 0.6 is 11.6 Å². The summed E-state index contributed by atoms with van der Waals surface area (Å²) in [7, 11) is 3.06. The molecule has 250 valence electrons. The molecule has 4 aromatic rings. The molecule has 10 nitrogen and oxygen atoms in total. The molecule has 1 aliphatic carbocycles. The second-order valence-electron chi connectivity index (χ2n) is 11.5. The van der Waals surface area contributed by atoms with Gasteiger partial charge in [-0.25, -0.2) is 4.79 Å². The number of carboxylic acids is 1. The highest BCUT2D eigenvalue weighted by molar-refractivity contribution is 6.30. The Labute approximate surface area is 283 Å². The van der Waals surface area contributed by atoms with Crippen LogP contribution in [0.4, 0.5) is 5.69 Å². The number of carbonyl (C=O) groups is 3. The van der Waals surface area contributed by atoms with E-state index in [1.807, 2.05) is 0 Å². The van der Waals surface area contributed by atoms with Gasteiger partial charge in [-0.2, -0.15) is 0 Å². The third-order valence-electron chi connectivity index (χ3n) is 8.05. The minimum absolute atomic E-state index is 0.0384. The van der Waals surface area contributed by atoms with Crippen LogP contribution in [-0.2, 0) is 11.2 Å². The molecule has 0 aliphatic heterocycles. The number of aryl methyl sites for hydroxylation is 1. The van der Waals surface area contributed by atoms with Crippen molar-refractivity contribution in [2.45, 2.75) is 51.2 Å². The Balaban J connectivity index is 1.17. The first-order chi connectivity index (χ1) is 23.1. The van der Waals surface area contributed by atoms with Crippen LogP contribution in [0, 0.1) is 6.92 Å². The van der Waals surface area contributed by atoms with Crippen molar-refractivity contribution in [1.29, 1.82) is 0 Å². The fraction of sp³-hybridized carbons (Fsp3) is 0.270. The first kappa shape index (κ1) is 34.1. The van der Waals surface area contributed by atoms with E-state index in [0.717, 1.165) is 36.8 Å². The quantitative estimate of drug-likeness (QED) is 0.141. The molecule has 0 aromatic heterocycles. The maximum absolute atomic E-state index is 12.7. The summed E-state index contributed by atoms with van der Waals surface area (Å²) < 4.78 is 23.8. The lowest BCUT2D eigenvalue weighted by molar-refractivity contribution is -0.115. The van der Waals surface area contributed by atoms with Gasteiger partial charge in [0.15, 0.2) is 11.5 Å². The van der Waals surface area contributed by atoms with E-state index in [9.17, 15) is 19.5 Å². The average molecular weight is 673 g/mol. The Hall–Kier alpha value is -5.22. The number of ether oxygens (including phenoxy) is 4. The minimum Gasteiger partial charge on any atom is -0.490 e. The monoisotopic (exact) mass is 672 g/mol.